The van der Waals surface area contributed by atoms with Gasteiger partial charge in [-0.2, -0.15) is 0 Å². The molecule has 2 rings (SSSR count). The van der Waals surface area contributed by atoms with Crippen LogP contribution in [0.3, 0.4) is 0 Å². The van der Waals surface area contributed by atoms with Crippen LogP contribution in [0.2, 0.25) is 0 Å². The van der Waals surface area contributed by atoms with E-state index in [4.69, 9.17) is 4.74 Å². The van der Waals surface area contributed by atoms with E-state index in [0.717, 1.165) is 20.3 Å². The zero-order chi connectivity index (χ0) is 14.0. The molecule has 0 saturated carbocycles. The Hall–Kier alpha value is -0.390. The molecular weight excluding hydrogens is 443 g/mol. The summed E-state index contributed by atoms with van der Waals surface area (Å²) in [6, 6.07) is 10.6. The van der Waals surface area contributed by atoms with Crippen molar-refractivity contribution in [2.45, 2.75) is 4.83 Å². The molecule has 2 aromatic carbocycles. The minimum Gasteiger partial charge on any atom is -0.497 e. The van der Waals surface area contributed by atoms with Gasteiger partial charge in [-0.05, 0) is 29.8 Å². The molecule has 0 saturated heterocycles. The van der Waals surface area contributed by atoms with E-state index in [-0.39, 0.29) is 10.6 Å². The van der Waals surface area contributed by atoms with Gasteiger partial charge in [0.15, 0.2) is 0 Å². The maximum Gasteiger partial charge on any atom is 0.129 e. The Morgan fingerprint density at radius 3 is 2.42 bits per heavy atom. The Kier molecular flexibility index (Phi) is 5.03. The van der Waals surface area contributed by atoms with E-state index in [9.17, 15) is 4.39 Å². The molecule has 0 radical (unpaired) electrons. The van der Waals surface area contributed by atoms with Crippen molar-refractivity contribution >= 4 is 47.8 Å². The third-order valence-corrected chi connectivity index (χ3v) is 5.06. The maximum atomic E-state index is 14.0. The highest BCUT2D eigenvalue weighted by Gasteiger charge is 2.20. The van der Waals surface area contributed by atoms with Gasteiger partial charge in [-0.25, -0.2) is 4.39 Å². The van der Waals surface area contributed by atoms with Crippen molar-refractivity contribution in [2.75, 3.05) is 7.11 Å². The van der Waals surface area contributed by atoms with Gasteiger partial charge in [0.2, 0.25) is 0 Å². The van der Waals surface area contributed by atoms with E-state index in [1.807, 2.05) is 24.3 Å². The third kappa shape index (κ3) is 3.20. The highest BCUT2D eigenvalue weighted by molar-refractivity contribution is 9.11. The Balaban J connectivity index is 2.47. The predicted molar refractivity (Wildman–Crippen MR) is 85.6 cm³/mol. The fraction of sp³-hybridized carbons (Fsp3) is 0.143. The Bertz CT molecular complexity index is 581. The summed E-state index contributed by atoms with van der Waals surface area (Å²) in [6.07, 6.45) is 0. The molecular formula is C14H10Br3FO. The summed E-state index contributed by atoms with van der Waals surface area (Å²) in [4.78, 5) is -0.247. The normalized spacial score (nSPS) is 12.3. The van der Waals surface area contributed by atoms with Crippen molar-refractivity contribution in [1.82, 2.24) is 0 Å². The molecule has 1 nitrogen and oxygen atoms in total. The van der Waals surface area contributed by atoms with Crippen LogP contribution in [-0.4, -0.2) is 7.11 Å². The van der Waals surface area contributed by atoms with E-state index in [1.54, 1.807) is 13.2 Å². The van der Waals surface area contributed by atoms with E-state index in [2.05, 4.69) is 47.8 Å². The number of benzene rings is 2. The fourth-order valence-corrected chi connectivity index (χ4v) is 4.39. The maximum absolute atomic E-state index is 14.0. The number of alkyl halides is 1. The van der Waals surface area contributed by atoms with Crippen molar-refractivity contribution < 1.29 is 9.13 Å². The lowest BCUT2D eigenvalue weighted by Gasteiger charge is -2.16. The largest absolute Gasteiger partial charge is 0.497 e. The van der Waals surface area contributed by atoms with E-state index in [0.29, 0.717) is 5.56 Å². The van der Waals surface area contributed by atoms with Crippen molar-refractivity contribution in [3.8, 4) is 5.75 Å². The first-order valence-corrected chi connectivity index (χ1v) is 7.96. The number of rotatable bonds is 3. The summed E-state index contributed by atoms with van der Waals surface area (Å²) >= 11 is 10.4. The van der Waals surface area contributed by atoms with Gasteiger partial charge in [0.1, 0.15) is 11.6 Å². The van der Waals surface area contributed by atoms with E-state index >= 15 is 0 Å². The molecule has 5 heteroatoms. The second-order valence-corrected chi connectivity index (χ2v) is 6.51. The van der Waals surface area contributed by atoms with Gasteiger partial charge < -0.3 is 4.74 Å². The standard InChI is InChI=1S/C14H10Br3FO/c1-19-8-5-6-9(11(16)7-8)14(17)13-10(15)3-2-4-12(13)18/h2-7,14H,1H3. The lowest BCUT2D eigenvalue weighted by Crippen LogP contribution is -1.99. The van der Waals surface area contributed by atoms with Gasteiger partial charge in [-0.1, -0.05) is 59.9 Å². The fourth-order valence-electron chi connectivity index (χ4n) is 1.75. The molecule has 0 fully saturated rings. The topological polar surface area (TPSA) is 9.23 Å². The molecule has 19 heavy (non-hydrogen) atoms. The lowest BCUT2D eigenvalue weighted by atomic mass is 10.0. The number of methoxy groups -OCH3 is 1. The lowest BCUT2D eigenvalue weighted by molar-refractivity contribution is 0.414. The number of hydrogen-bond acceptors (Lipinski definition) is 1. The SMILES string of the molecule is COc1ccc(C(Br)c2c(F)cccc2Br)c(Br)c1. The minimum absolute atomic E-state index is 0.247. The molecule has 1 unspecified atom stereocenters. The predicted octanol–water partition coefficient (Wildman–Crippen LogP) is 5.84. The van der Waals surface area contributed by atoms with Crippen LogP contribution in [0, 0.1) is 5.82 Å². The van der Waals surface area contributed by atoms with Gasteiger partial charge in [0.25, 0.3) is 0 Å². The summed E-state index contributed by atoms with van der Waals surface area (Å²) in [5.41, 5.74) is 1.51. The number of hydrogen-bond donors (Lipinski definition) is 0. The quantitative estimate of drug-likeness (QED) is 0.531. The molecule has 0 N–H and O–H groups in total. The number of ether oxygens (including phenoxy) is 1. The van der Waals surface area contributed by atoms with Crippen LogP contribution in [0.5, 0.6) is 5.75 Å². The van der Waals surface area contributed by atoms with Gasteiger partial charge >= 0.3 is 0 Å². The summed E-state index contributed by atoms with van der Waals surface area (Å²) in [5.74, 6) is 0.502. The zero-order valence-corrected chi connectivity index (χ0v) is 14.7. The Labute approximate surface area is 136 Å². The van der Waals surface area contributed by atoms with Crippen LogP contribution >= 0.6 is 47.8 Å². The summed E-state index contributed by atoms with van der Waals surface area (Å²) in [7, 11) is 1.61. The Morgan fingerprint density at radius 2 is 1.84 bits per heavy atom. The monoisotopic (exact) mass is 450 g/mol. The van der Waals surface area contributed by atoms with Crippen molar-refractivity contribution in [2.24, 2.45) is 0 Å². The third-order valence-electron chi connectivity index (χ3n) is 2.73. The molecule has 0 amide bonds. The average Bonchev–Trinajstić information content (AvgIpc) is 2.38. The summed E-state index contributed by atoms with van der Waals surface area (Å²) in [6.45, 7) is 0. The van der Waals surface area contributed by atoms with Gasteiger partial charge in [0.05, 0.1) is 11.9 Å². The minimum atomic E-state index is -0.251. The molecule has 0 bridgehead atoms. The van der Waals surface area contributed by atoms with E-state index in [1.165, 1.54) is 6.07 Å². The van der Waals surface area contributed by atoms with Gasteiger partial charge in [-0.3, -0.25) is 0 Å². The molecule has 0 aliphatic carbocycles. The Morgan fingerprint density at radius 1 is 1.11 bits per heavy atom. The first-order valence-electron chi connectivity index (χ1n) is 5.46. The second-order valence-electron chi connectivity index (χ2n) is 3.89. The smallest absolute Gasteiger partial charge is 0.129 e. The molecule has 0 spiro atoms. The van der Waals surface area contributed by atoms with Crippen LogP contribution in [0.15, 0.2) is 45.3 Å². The van der Waals surface area contributed by atoms with Crippen LogP contribution in [0.4, 0.5) is 4.39 Å². The highest BCUT2D eigenvalue weighted by Crippen LogP contribution is 2.40. The first-order chi connectivity index (χ1) is 9.04. The van der Waals surface area contributed by atoms with Crippen LogP contribution in [0.1, 0.15) is 16.0 Å². The molecule has 0 heterocycles. The molecule has 2 aromatic rings. The summed E-state index contributed by atoms with van der Waals surface area (Å²) < 4.78 is 20.7. The highest BCUT2D eigenvalue weighted by atomic mass is 79.9. The van der Waals surface area contributed by atoms with Gasteiger partial charge in [-0.15, -0.1) is 0 Å². The molecule has 100 valence electrons. The summed E-state index contributed by atoms with van der Waals surface area (Å²) in [5, 5.41) is 0. The van der Waals surface area contributed by atoms with Crippen LogP contribution in [-0.2, 0) is 0 Å². The van der Waals surface area contributed by atoms with Crippen molar-refractivity contribution in [3.63, 3.8) is 0 Å². The molecule has 0 aliphatic heterocycles. The molecule has 0 aliphatic rings. The first kappa shape index (κ1) is 15.0. The van der Waals surface area contributed by atoms with Crippen LogP contribution < -0.4 is 4.74 Å². The van der Waals surface area contributed by atoms with Crippen molar-refractivity contribution in [1.29, 1.82) is 0 Å². The zero-order valence-electron chi connectivity index (χ0n) is 9.96. The average molecular weight is 453 g/mol. The molecule has 0 aromatic heterocycles. The van der Waals surface area contributed by atoms with Crippen molar-refractivity contribution in [3.05, 3.63) is 62.3 Å². The second kappa shape index (κ2) is 6.37. The molecule has 1 atom stereocenters. The van der Waals surface area contributed by atoms with E-state index < -0.39 is 0 Å². The van der Waals surface area contributed by atoms with Crippen LogP contribution in [0.25, 0.3) is 0 Å². The number of halogens is 4. The van der Waals surface area contributed by atoms with Gasteiger partial charge in [0, 0.05) is 14.5 Å².